The van der Waals surface area contributed by atoms with Gasteiger partial charge in [0.05, 0.1) is 7.11 Å². The third kappa shape index (κ3) is 6.24. The zero-order chi connectivity index (χ0) is 24.0. The average Bonchev–Trinajstić information content (AvgIpc) is 2.83. The Hall–Kier alpha value is -2.64. The first kappa shape index (κ1) is 25.0. The van der Waals surface area contributed by atoms with E-state index in [4.69, 9.17) is 21.1 Å². The lowest BCUT2D eigenvalue weighted by molar-refractivity contribution is -0.140. The highest BCUT2D eigenvalue weighted by Gasteiger charge is 2.35. The molecule has 0 bridgehead atoms. The Bertz CT molecular complexity index is 969. The van der Waals surface area contributed by atoms with Crippen LogP contribution in [0.4, 0.5) is 4.39 Å². The van der Waals surface area contributed by atoms with Gasteiger partial charge in [0.2, 0.25) is 0 Å². The molecular formula is C25H30ClFN2O4. The van der Waals surface area contributed by atoms with Gasteiger partial charge in [-0.3, -0.25) is 9.69 Å². The van der Waals surface area contributed by atoms with Crippen LogP contribution in [-0.2, 0) is 16.1 Å². The van der Waals surface area contributed by atoms with Crippen molar-refractivity contribution in [1.29, 1.82) is 0 Å². The Morgan fingerprint density at radius 2 is 1.76 bits per heavy atom. The molecule has 0 spiro atoms. The Morgan fingerprint density at radius 3 is 2.39 bits per heavy atom. The quantitative estimate of drug-likeness (QED) is 0.523. The standard InChI is InChI=1S/C25H30ClFN2O4/c1-4-20-15-29(21(5-2)14-28(20)13-17-6-9-19(27)10-7-17)24(30)16-33-23-11-8-18(26)12-22(23)25(31)32-3/h6-12,20-21H,4-5,13-16H2,1-3H3/t20-,21+/m0/s1. The molecule has 6 nitrogen and oxygen atoms in total. The SMILES string of the molecule is CC[C@H]1CN(C(=O)COc2ccc(Cl)cc2C(=O)OC)[C@H](CC)CN1Cc1ccc(F)cc1. The van der Waals surface area contributed by atoms with Crippen molar-refractivity contribution in [3.05, 3.63) is 64.4 Å². The molecule has 0 saturated carbocycles. The van der Waals surface area contributed by atoms with Crippen molar-refractivity contribution >= 4 is 23.5 Å². The van der Waals surface area contributed by atoms with E-state index in [-0.39, 0.29) is 41.7 Å². The average molecular weight is 477 g/mol. The lowest BCUT2D eigenvalue weighted by Gasteiger charge is -2.46. The lowest BCUT2D eigenvalue weighted by atomic mass is 10.0. The lowest BCUT2D eigenvalue weighted by Crippen LogP contribution is -2.59. The van der Waals surface area contributed by atoms with E-state index >= 15 is 0 Å². The summed E-state index contributed by atoms with van der Waals surface area (Å²) >= 11 is 5.99. The van der Waals surface area contributed by atoms with Crippen molar-refractivity contribution in [3.8, 4) is 5.75 Å². The second-order valence-electron chi connectivity index (χ2n) is 8.15. The highest BCUT2D eigenvalue weighted by atomic mass is 35.5. The highest BCUT2D eigenvalue weighted by molar-refractivity contribution is 6.31. The molecular weight excluding hydrogens is 447 g/mol. The van der Waals surface area contributed by atoms with Gasteiger partial charge < -0.3 is 14.4 Å². The molecule has 1 aliphatic heterocycles. The molecule has 1 amide bonds. The van der Waals surface area contributed by atoms with Crippen molar-refractivity contribution in [2.45, 2.75) is 45.3 Å². The van der Waals surface area contributed by atoms with Crippen molar-refractivity contribution in [2.24, 2.45) is 0 Å². The van der Waals surface area contributed by atoms with Gasteiger partial charge in [-0.05, 0) is 48.7 Å². The smallest absolute Gasteiger partial charge is 0.341 e. The number of piperazine rings is 1. The summed E-state index contributed by atoms with van der Waals surface area (Å²) in [5.41, 5.74) is 1.23. The number of amides is 1. The summed E-state index contributed by atoms with van der Waals surface area (Å²) in [5, 5.41) is 0.378. The molecule has 0 aromatic heterocycles. The fourth-order valence-corrected chi connectivity index (χ4v) is 4.36. The van der Waals surface area contributed by atoms with Crippen LogP contribution in [0, 0.1) is 5.82 Å². The van der Waals surface area contributed by atoms with Crippen LogP contribution in [0.2, 0.25) is 5.02 Å². The second-order valence-corrected chi connectivity index (χ2v) is 8.58. The Labute approximate surface area is 199 Å². The first-order valence-corrected chi connectivity index (χ1v) is 11.5. The minimum atomic E-state index is -0.577. The number of halogens is 2. The minimum Gasteiger partial charge on any atom is -0.483 e. The number of hydrogen-bond acceptors (Lipinski definition) is 5. The molecule has 0 N–H and O–H groups in total. The number of ether oxygens (including phenoxy) is 2. The minimum absolute atomic E-state index is 0.0367. The van der Waals surface area contributed by atoms with Gasteiger partial charge in [0.1, 0.15) is 17.1 Å². The fraction of sp³-hybridized carbons (Fsp3) is 0.440. The van der Waals surface area contributed by atoms with E-state index in [0.29, 0.717) is 18.1 Å². The first-order chi connectivity index (χ1) is 15.9. The van der Waals surface area contributed by atoms with Crippen LogP contribution in [0.1, 0.15) is 42.6 Å². The number of carbonyl (C=O) groups excluding carboxylic acids is 2. The van der Waals surface area contributed by atoms with Gasteiger partial charge in [-0.1, -0.05) is 37.6 Å². The van der Waals surface area contributed by atoms with Crippen LogP contribution in [0.25, 0.3) is 0 Å². The molecule has 33 heavy (non-hydrogen) atoms. The highest BCUT2D eigenvalue weighted by Crippen LogP contribution is 2.25. The first-order valence-electron chi connectivity index (χ1n) is 11.1. The molecule has 1 aliphatic rings. The van der Waals surface area contributed by atoms with E-state index < -0.39 is 5.97 Å². The largest absolute Gasteiger partial charge is 0.483 e. The van der Waals surface area contributed by atoms with Gasteiger partial charge in [0, 0.05) is 36.7 Å². The molecule has 1 heterocycles. The van der Waals surface area contributed by atoms with Crippen molar-refractivity contribution in [3.63, 3.8) is 0 Å². The predicted molar refractivity (Wildman–Crippen MR) is 125 cm³/mol. The molecule has 0 aliphatic carbocycles. The predicted octanol–water partition coefficient (Wildman–Crippen LogP) is 4.55. The van der Waals surface area contributed by atoms with Gasteiger partial charge >= 0.3 is 5.97 Å². The third-order valence-electron chi connectivity index (χ3n) is 6.07. The normalized spacial score (nSPS) is 18.8. The zero-order valence-electron chi connectivity index (χ0n) is 19.2. The van der Waals surface area contributed by atoms with Crippen LogP contribution in [0.5, 0.6) is 5.75 Å². The molecule has 1 fully saturated rings. The molecule has 2 aromatic carbocycles. The molecule has 2 atom stereocenters. The third-order valence-corrected chi connectivity index (χ3v) is 6.30. The van der Waals surface area contributed by atoms with Crippen LogP contribution in [-0.4, -0.2) is 60.6 Å². The van der Waals surface area contributed by atoms with Crippen LogP contribution in [0.3, 0.4) is 0 Å². The molecule has 8 heteroatoms. The Balaban J connectivity index is 1.68. The van der Waals surface area contributed by atoms with Gasteiger partial charge in [-0.25, -0.2) is 9.18 Å². The second kappa shape index (κ2) is 11.5. The number of nitrogens with zero attached hydrogens (tertiary/aromatic N) is 2. The number of hydrogen-bond donors (Lipinski definition) is 0. The van der Waals surface area contributed by atoms with Gasteiger partial charge in [-0.2, -0.15) is 0 Å². The van der Waals surface area contributed by atoms with Gasteiger partial charge in [0.25, 0.3) is 5.91 Å². The summed E-state index contributed by atoms with van der Waals surface area (Å²) in [7, 11) is 1.28. The summed E-state index contributed by atoms with van der Waals surface area (Å²) < 4.78 is 23.8. The van der Waals surface area contributed by atoms with Crippen molar-refractivity contribution in [2.75, 3.05) is 26.8 Å². The van der Waals surface area contributed by atoms with E-state index in [2.05, 4.69) is 18.7 Å². The van der Waals surface area contributed by atoms with E-state index in [1.165, 1.54) is 25.3 Å². The van der Waals surface area contributed by atoms with Crippen LogP contribution >= 0.6 is 11.6 Å². The van der Waals surface area contributed by atoms with Gasteiger partial charge in [-0.15, -0.1) is 0 Å². The topological polar surface area (TPSA) is 59.1 Å². The van der Waals surface area contributed by atoms with Crippen molar-refractivity contribution < 1.29 is 23.5 Å². The Morgan fingerprint density at radius 1 is 1.06 bits per heavy atom. The molecule has 1 saturated heterocycles. The maximum atomic E-state index is 13.3. The molecule has 2 aromatic rings. The van der Waals surface area contributed by atoms with E-state index in [1.54, 1.807) is 24.3 Å². The van der Waals surface area contributed by atoms with E-state index in [9.17, 15) is 14.0 Å². The summed E-state index contributed by atoms with van der Waals surface area (Å²) in [6.45, 7) is 6.00. The Kier molecular flexibility index (Phi) is 8.69. The number of methoxy groups -OCH3 is 1. The van der Waals surface area contributed by atoms with Gasteiger partial charge in [0.15, 0.2) is 6.61 Å². The maximum absolute atomic E-state index is 13.3. The molecule has 3 rings (SSSR count). The fourth-order valence-electron chi connectivity index (χ4n) is 4.19. The molecule has 178 valence electrons. The number of benzene rings is 2. The van der Waals surface area contributed by atoms with E-state index in [0.717, 1.165) is 24.9 Å². The maximum Gasteiger partial charge on any atom is 0.341 e. The summed E-state index contributed by atoms with van der Waals surface area (Å²) in [4.78, 5) is 29.4. The molecule has 0 radical (unpaired) electrons. The zero-order valence-corrected chi connectivity index (χ0v) is 20.0. The summed E-state index contributed by atoms with van der Waals surface area (Å²) in [5.74, 6) is -0.697. The monoisotopic (exact) mass is 476 g/mol. The van der Waals surface area contributed by atoms with Crippen LogP contribution < -0.4 is 4.74 Å². The summed E-state index contributed by atoms with van der Waals surface area (Å²) in [6.07, 6.45) is 1.68. The number of esters is 1. The van der Waals surface area contributed by atoms with Crippen molar-refractivity contribution in [1.82, 2.24) is 9.80 Å². The van der Waals surface area contributed by atoms with Crippen LogP contribution in [0.15, 0.2) is 42.5 Å². The number of carbonyl (C=O) groups is 2. The number of rotatable bonds is 8. The molecule has 0 unspecified atom stereocenters. The van der Waals surface area contributed by atoms with E-state index in [1.807, 2.05) is 4.90 Å². The summed E-state index contributed by atoms with van der Waals surface area (Å²) in [6, 6.07) is 11.4.